The third-order valence-corrected chi connectivity index (χ3v) is 11.9. The Morgan fingerprint density at radius 3 is 1.74 bits per heavy atom. The maximum Gasteiger partial charge on any atom is 0.0541 e. The van der Waals surface area contributed by atoms with Crippen molar-refractivity contribution in [2.24, 2.45) is 0 Å². The summed E-state index contributed by atoms with van der Waals surface area (Å²) in [5.74, 6) is 0. The Balaban J connectivity index is 1.06. The number of rotatable bonds is 7. The fourth-order valence-electron chi connectivity index (χ4n) is 9.23. The van der Waals surface area contributed by atoms with Gasteiger partial charge in [0.05, 0.1) is 16.7 Å². The molecule has 2 nitrogen and oxygen atoms in total. The molecule has 8 aromatic carbocycles. The first kappa shape index (κ1) is 32.3. The van der Waals surface area contributed by atoms with Gasteiger partial charge in [-0.2, -0.15) is 0 Å². The van der Waals surface area contributed by atoms with Crippen LogP contribution in [0.5, 0.6) is 0 Å². The molecule has 0 saturated heterocycles. The molecule has 0 N–H and O–H groups in total. The summed E-state index contributed by atoms with van der Waals surface area (Å²) in [4.78, 5) is 2.43. The van der Waals surface area contributed by atoms with Gasteiger partial charge >= 0.3 is 0 Å². The van der Waals surface area contributed by atoms with Crippen LogP contribution in [-0.4, -0.2) is 4.57 Å². The summed E-state index contributed by atoms with van der Waals surface area (Å²) in [6.45, 7) is 0. The molecule has 260 valence electrons. The minimum absolute atomic E-state index is 0.0679. The highest BCUT2D eigenvalue weighted by Gasteiger charge is 2.35. The van der Waals surface area contributed by atoms with E-state index in [1.165, 1.54) is 98.3 Å². The van der Waals surface area contributed by atoms with Crippen molar-refractivity contribution >= 4 is 49.6 Å². The van der Waals surface area contributed by atoms with Crippen LogP contribution in [0.3, 0.4) is 0 Å². The topological polar surface area (TPSA) is 8.17 Å². The third-order valence-electron chi connectivity index (χ3n) is 11.9. The Morgan fingerprint density at radius 1 is 0.407 bits per heavy atom. The van der Waals surface area contributed by atoms with E-state index in [1.807, 2.05) is 0 Å². The molecular formula is C52H42N2. The molecule has 0 atom stereocenters. The summed E-state index contributed by atoms with van der Waals surface area (Å²) in [6.07, 6.45) is 6.26. The summed E-state index contributed by atoms with van der Waals surface area (Å²) in [6, 6.07) is 71.6. The molecule has 0 aliphatic heterocycles. The molecule has 0 unspecified atom stereocenters. The van der Waals surface area contributed by atoms with E-state index in [9.17, 15) is 0 Å². The monoisotopic (exact) mass is 694 g/mol. The molecule has 2 heteroatoms. The summed E-state index contributed by atoms with van der Waals surface area (Å²) >= 11 is 0. The van der Waals surface area contributed by atoms with Gasteiger partial charge in [0.25, 0.3) is 0 Å². The van der Waals surface area contributed by atoms with E-state index in [-0.39, 0.29) is 5.41 Å². The van der Waals surface area contributed by atoms with Crippen LogP contribution < -0.4 is 4.90 Å². The van der Waals surface area contributed by atoms with Crippen LogP contribution in [0.25, 0.3) is 49.4 Å². The van der Waals surface area contributed by atoms with Crippen molar-refractivity contribution in [3.63, 3.8) is 0 Å². The highest BCUT2D eigenvalue weighted by atomic mass is 15.1. The van der Waals surface area contributed by atoms with E-state index in [0.29, 0.717) is 0 Å². The van der Waals surface area contributed by atoms with Gasteiger partial charge < -0.3 is 9.47 Å². The van der Waals surface area contributed by atoms with Crippen molar-refractivity contribution in [1.29, 1.82) is 0 Å². The predicted octanol–water partition coefficient (Wildman–Crippen LogP) is 14.3. The minimum Gasteiger partial charge on any atom is -0.310 e. The molecule has 54 heavy (non-hydrogen) atoms. The molecule has 0 amide bonds. The number of fused-ring (bicyclic) bond motifs is 4. The molecule has 1 aromatic heterocycles. The standard InChI is InChI=1S/C52H42N2/c1-4-17-41(18-5-1)52(35-12-3-13-36-52)42-28-32-45(33-29-42)53(49-24-14-16-39-15-8-9-21-46(39)49)44-30-25-38(26-31-44)40-27-34-51-48(37-40)47-22-10-11-23-50(47)54(51)43-19-6-2-7-20-43/h1-2,4-11,14-34,37H,3,12-13,35-36H2. The number of nitrogens with zero attached hydrogens (tertiary/aromatic N) is 2. The molecule has 9 aromatic rings. The SMILES string of the molecule is c1ccc(-n2c3ccccc3c3cc(-c4ccc(N(c5ccc(C6(c7ccccc7)CCCCC6)cc5)c5cccc6ccccc56)cc4)ccc32)cc1. The van der Waals surface area contributed by atoms with Gasteiger partial charge in [0.2, 0.25) is 0 Å². The fourth-order valence-corrected chi connectivity index (χ4v) is 9.23. The van der Waals surface area contributed by atoms with Gasteiger partial charge in [-0.1, -0.05) is 153 Å². The molecule has 0 radical (unpaired) electrons. The number of para-hydroxylation sites is 2. The van der Waals surface area contributed by atoms with Crippen LogP contribution in [0.2, 0.25) is 0 Å². The lowest BCUT2D eigenvalue weighted by molar-refractivity contribution is 0.346. The molecule has 10 rings (SSSR count). The van der Waals surface area contributed by atoms with E-state index < -0.39 is 0 Å². The van der Waals surface area contributed by atoms with Crippen LogP contribution in [-0.2, 0) is 5.41 Å². The lowest BCUT2D eigenvalue weighted by atomic mass is 9.65. The van der Waals surface area contributed by atoms with Gasteiger partial charge in [-0.3, -0.25) is 0 Å². The normalized spacial score (nSPS) is 14.1. The van der Waals surface area contributed by atoms with Crippen molar-refractivity contribution in [3.8, 4) is 16.8 Å². The Bertz CT molecular complexity index is 2710. The number of hydrogen-bond donors (Lipinski definition) is 0. The fraction of sp³-hybridized carbons (Fsp3) is 0.115. The lowest BCUT2D eigenvalue weighted by Gasteiger charge is -2.39. The van der Waals surface area contributed by atoms with Crippen molar-refractivity contribution in [1.82, 2.24) is 4.57 Å². The molecule has 0 bridgehead atoms. The van der Waals surface area contributed by atoms with Gasteiger partial charge in [-0.05, 0) is 101 Å². The summed E-state index contributed by atoms with van der Waals surface area (Å²) in [5.41, 5.74) is 12.5. The molecular weight excluding hydrogens is 653 g/mol. The maximum absolute atomic E-state index is 2.43. The highest BCUT2D eigenvalue weighted by Crippen LogP contribution is 2.47. The molecule has 1 aliphatic rings. The first-order chi connectivity index (χ1) is 26.8. The second-order valence-corrected chi connectivity index (χ2v) is 14.9. The largest absolute Gasteiger partial charge is 0.310 e. The van der Waals surface area contributed by atoms with Crippen LogP contribution in [0.15, 0.2) is 194 Å². The van der Waals surface area contributed by atoms with E-state index in [1.54, 1.807) is 0 Å². The summed E-state index contributed by atoms with van der Waals surface area (Å²) < 4.78 is 2.38. The second-order valence-electron chi connectivity index (χ2n) is 14.9. The van der Waals surface area contributed by atoms with Gasteiger partial charge in [0, 0.05) is 38.6 Å². The van der Waals surface area contributed by atoms with E-state index in [2.05, 4.69) is 204 Å². The Morgan fingerprint density at radius 2 is 0.981 bits per heavy atom. The Labute approximate surface area is 317 Å². The molecule has 1 aliphatic carbocycles. The van der Waals surface area contributed by atoms with Crippen LogP contribution >= 0.6 is 0 Å². The van der Waals surface area contributed by atoms with Crippen molar-refractivity contribution in [3.05, 3.63) is 205 Å². The third kappa shape index (κ3) is 5.49. The predicted molar refractivity (Wildman–Crippen MR) is 229 cm³/mol. The zero-order valence-corrected chi connectivity index (χ0v) is 30.4. The highest BCUT2D eigenvalue weighted by molar-refractivity contribution is 6.10. The zero-order valence-electron chi connectivity index (χ0n) is 30.4. The Hall–Kier alpha value is -6.38. The van der Waals surface area contributed by atoms with Crippen LogP contribution in [0, 0.1) is 0 Å². The van der Waals surface area contributed by atoms with Gasteiger partial charge in [-0.15, -0.1) is 0 Å². The van der Waals surface area contributed by atoms with Crippen molar-refractivity contribution in [2.75, 3.05) is 4.90 Å². The quantitative estimate of drug-likeness (QED) is 0.161. The minimum atomic E-state index is 0.0679. The maximum atomic E-state index is 2.43. The van der Waals surface area contributed by atoms with Gasteiger partial charge in [0.1, 0.15) is 0 Å². The second kappa shape index (κ2) is 13.5. The summed E-state index contributed by atoms with van der Waals surface area (Å²) in [5, 5.41) is 5.00. The van der Waals surface area contributed by atoms with Crippen LogP contribution in [0.1, 0.15) is 43.2 Å². The van der Waals surface area contributed by atoms with E-state index in [0.717, 1.165) is 11.4 Å². The first-order valence-corrected chi connectivity index (χ1v) is 19.4. The van der Waals surface area contributed by atoms with Crippen molar-refractivity contribution < 1.29 is 0 Å². The number of hydrogen-bond acceptors (Lipinski definition) is 1. The number of aromatic nitrogens is 1. The Kier molecular flexibility index (Phi) is 8.10. The first-order valence-electron chi connectivity index (χ1n) is 19.4. The molecule has 1 saturated carbocycles. The van der Waals surface area contributed by atoms with Gasteiger partial charge in [-0.25, -0.2) is 0 Å². The average Bonchev–Trinajstić information content (AvgIpc) is 3.59. The van der Waals surface area contributed by atoms with Gasteiger partial charge in [0.15, 0.2) is 0 Å². The van der Waals surface area contributed by atoms with Crippen LogP contribution in [0.4, 0.5) is 17.1 Å². The molecule has 1 heterocycles. The molecule has 0 spiro atoms. The average molecular weight is 695 g/mol. The number of anilines is 3. The van der Waals surface area contributed by atoms with E-state index in [4.69, 9.17) is 0 Å². The van der Waals surface area contributed by atoms with Crippen molar-refractivity contribution in [2.45, 2.75) is 37.5 Å². The number of benzene rings is 8. The summed E-state index contributed by atoms with van der Waals surface area (Å²) in [7, 11) is 0. The zero-order chi connectivity index (χ0) is 35.9. The molecule has 1 fully saturated rings. The van der Waals surface area contributed by atoms with E-state index >= 15 is 0 Å². The lowest BCUT2D eigenvalue weighted by Crippen LogP contribution is -2.30. The smallest absolute Gasteiger partial charge is 0.0541 e.